The fraction of sp³-hybridized carbons (Fsp3) is 0.583. The molecule has 0 aromatic heterocycles. The highest BCUT2D eigenvalue weighted by atomic mass is 16.2. The predicted octanol–water partition coefficient (Wildman–Crippen LogP) is 1.04. The van der Waals surface area contributed by atoms with Gasteiger partial charge in [-0.25, -0.2) is 0 Å². The van der Waals surface area contributed by atoms with Gasteiger partial charge in [0.15, 0.2) is 0 Å². The Labute approximate surface area is 91.0 Å². The first-order valence-electron chi connectivity index (χ1n) is 5.61. The number of hydrogen-bond acceptors (Lipinski definition) is 2. The van der Waals surface area contributed by atoms with E-state index in [-0.39, 0.29) is 5.91 Å². The van der Waals surface area contributed by atoms with E-state index in [0.717, 1.165) is 44.6 Å². The Morgan fingerprint density at radius 2 is 2.00 bits per heavy atom. The number of nitrogens with zero attached hydrogens (tertiary/aromatic N) is 2. The smallest absolute Gasteiger partial charge is 0.249 e. The lowest BCUT2D eigenvalue weighted by atomic mass is 10.0. The molecule has 2 aliphatic rings. The molecule has 0 unspecified atom stereocenters. The molecule has 2 rings (SSSR count). The zero-order valence-corrected chi connectivity index (χ0v) is 9.28. The first kappa shape index (κ1) is 10.4. The summed E-state index contributed by atoms with van der Waals surface area (Å²) >= 11 is 0. The monoisotopic (exact) mass is 206 g/mol. The molecule has 0 spiro atoms. The Bertz CT molecular complexity index is 299. The summed E-state index contributed by atoms with van der Waals surface area (Å²) in [6.45, 7) is 3.73. The van der Waals surface area contributed by atoms with E-state index < -0.39 is 0 Å². The average molecular weight is 206 g/mol. The third-order valence-electron chi connectivity index (χ3n) is 3.08. The van der Waals surface area contributed by atoms with Gasteiger partial charge in [-0.15, -0.1) is 0 Å². The molecule has 0 aromatic carbocycles. The van der Waals surface area contributed by atoms with Crippen molar-refractivity contribution >= 4 is 5.91 Å². The van der Waals surface area contributed by atoms with E-state index in [9.17, 15) is 4.79 Å². The zero-order chi connectivity index (χ0) is 10.7. The van der Waals surface area contributed by atoms with Crippen LogP contribution in [0.25, 0.3) is 0 Å². The summed E-state index contributed by atoms with van der Waals surface area (Å²) in [6, 6.07) is 0. The lowest BCUT2D eigenvalue weighted by Gasteiger charge is -2.33. The van der Waals surface area contributed by atoms with Crippen molar-refractivity contribution in [3.05, 3.63) is 23.8 Å². The highest BCUT2D eigenvalue weighted by molar-refractivity contribution is 5.94. The van der Waals surface area contributed by atoms with E-state index in [1.807, 2.05) is 17.1 Å². The molecule has 82 valence electrons. The van der Waals surface area contributed by atoms with E-state index in [2.05, 4.69) is 18.0 Å². The van der Waals surface area contributed by atoms with Gasteiger partial charge < -0.3 is 9.80 Å². The molecular weight excluding hydrogens is 188 g/mol. The highest BCUT2D eigenvalue weighted by Crippen LogP contribution is 2.15. The average Bonchev–Trinajstić information content (AvgIpc) is 2.30. The van der Waals surface area contributed by atoms with Gasteiger partial charge >= 0.3 is 0 Å². The van der Waals surface area contributed by atoms with Crippen molar-refractivity contribution in [2.45, 2.75) is 12.8 Å². The maximum atomic E-state index is 12.1. The summed E-state index contributed by atoms with van der Waals surface area (Å²) in [6.07, 6.45) is 7.98. The molecule has 0 saturated carbocycles. The first-order chi connectivity index (χ1) is 7.27. The van der Waals surface area contributed by atoms with Crippen molar-refractivity contribution < 1.29 is 4.79 Å². The summed E-state index contributed by atoms with van der Waals surface area (Å²) in [5, 5.41) is 0. The molecule has 15 heavy (non-hydrogen) atoms. The lowest BCUT2D eigenvalue weighted by molar-refractivity contribution is -0.128. The van der Waals surface area contributed by atoms with Crippen molar-refractivity contribution in [1.82, 2.24) is 9.80 Å². The van der Waals surface area contributed by atoms with Crippen LogP contribution in [0.5, 0.6) is 0 Å². The topological polar surface area (TPSA) is 23.6 Å². The number of piperazine rings is 1. The molecule has 1 saturated heterocycles. The van der Waals surface area contributed by atoms with Gasteiger partial charge in [0.05, 0.1) is 0 Å². The Balaban J connectivity index is 1.96. The molecule has 0 atom stereocenters. The molecular formula is C12H18N2O. The summed E-state index contributed by atoms with van der Waals surface area (Å²) in [4.78, 5) is 16.3. The van der Waals surface area contributed by atoms with Crippen molar-refractivity contribution in [1.29, 1.82) is 0 Å². The van der Waals surface area contributed by atoms with Crippen LogP contribution in [0.4, 0.5) is 0 Å². The van der Waals surface area contributed by atoms with Crippen LogP contribution in [0.1, 0.15) is 12.8 Å². The van der Waals surface area contributed by atoms with Gasteiger partial charge in [0, 0.05) is 31.8 Å². The number of carbonyl (C=O) groups excluding carboxylic acids is 1. The molecule has 0 bridgehead atoms. The summed E-state index contributed by atoms with van der Waals surface area (Å²) in [5.41, 5.74) is 0.974. The molecule has 0 aromatic rings. The number of rotatable bonds is 1. The number of carbonyl (C=O) groups is 1. The third kappa shape index (κ3) is 2.48. The van der Waals surface area contributed by atoms with Gasteiger partial charge in [0.1, 0.15) is 0 Å². The number of likely N-dealkylation sites (N-methyl/N-ethyl adjacent to an activating group) is 1. The lowest BCUT2D eigenvalue weighted by Crippen LogP contribution is -2.47. The van der Waals surface area contributed by atoms with Crippen LogP contribution in [0.15, 0.2) is 23.8 Å². The van der Waals surface area contributed by atoms with Crippen molar-refractivity contribution in [3.63, 3.8) is 0 Å². The zero-order valence-electron chi connectivity index (χ0n) is 9.28. The van der Waals surface area contributed by atoms with E-state index in [1.165, 1.54) is 0 Å². The Morgan fingerprint density at radius 1 is 1.27 bits per heavy atom. The van der Waals surface area contributed by atoms with Gasteiger partial charge in [-0.05, 0) is 19.9 Å². The molecule has 0 radical (unpaired) electrons. The Morgan fingerprint density at radius 3 is 2.60 bits per heavy atom. The van der Waals surface area contributed by atoms with Crippen LogP contribution in [0.2, 0.25) is 0 Å². The number of allylic oxidation sites excluding steroid dienone is 3. The quantitative estimate of drug-likeness (QED) is 0.640. The number of hydrogen-bond donors (Lipinski definition) is 0. The second-order valence-electron chi connectivity index (χ2n) is 4.25. The summed E-state index contributed by atoms with van der Waals surface area (Å²) in [5.74, 6) is 0.243. The maximum absolute atomic E-state index is 12.1. The molecule has 1 heterocycles. The van der Waals surface area contributed by atoms with E-state index in [0.29, 0.717) is 0 Å². The Hall–Kier alpha value is -1.09. The maximum Gasteiger partial charge on any atom is 0.249 e. The third-order valence-corrected chi connectivity index (χ3v) is 3.08. The van der Waals surface area contributed by atoms with E-state index >= 15 is 0 Å². The van der Waals surface area contributed by atoms with Gasteiger partial charge in [0.25, 0.3) is 0 Å². The minimum atomic E-state index is 0.243. The molecule has 3 nitrogen and oxygen atoms in total. The van der Waals surface area contributed by atoms with Crippen LogP contribution in [0.3, 0.4) is 0 Å². The van der Waals surface area contributed by atoms with Crippen LogP contribution < -0.4 is 0 Å². The van der Waals surface area contributed by atoms with Gasteiger partial charge in [-0.2, -0.15) is 0 Å². The minimum Gasteiger partial charge on any atom is -0.336 e. The molecule has 1 amide bonds. The van der Waals surface area contributed by atoms with Crippen molar-refractivity contribution in [2.75, 3.05) is 33.2 Å². The SMILES string of the molecule is CN1CCN(C(=O)C2=CC=CCC2)CC1. The molecule has 1 aliphatic heterocycles. The van der Waals surface area contributed by atoms with E-state index in [1.54, 1.807) is 0 Å². The molecule has 0 N–H and O–H groups in total. The fourth-order valence-electron chi connectivity index (χ4n) is 1.99. The highest BCUT2D eigenvalue weighted by Gasteiger charge is 2.21. The van der Waals surface area contributed by atoms with E-state index in [4.69, 9.17) is 0 Å². The summed E-state index contributed by atoms with van der Waals surface area (Å²) < 4.78 is 0. The van der Waals surface area contributed by atoms with Crippen LogP contribution in [-0.4, -0.2) is 48.9 Å². The largest absolute Gasteiger partial charge is 0.336 e. The normalized spacial score (nSPS) is 22.7. The molecule has 1 aliphatic carbocycles. The van der Waals surface area contributed by atoms with Gasteiger partial charge in [0.2, 0.25) is 5.91 Å². The van der Waals surface area contributed by atoms with Crippen LogP contribution in [-0.2, 0) is 4.79 Å². The molecule has 1 fully saturated rings. The fourth-order valence-corrected chi connectivity index (χ4v) is 1.99. The minimum absolute atomic E-state index is 0.243. The van der Waals surface area contributed by atoms with Gasteiger partial charge in [-0.1, -0.05) is 18.2 Å². The molecule has 3 heteroatoms. The summed E-state index contributed by atoms with van der Waals surface area (Å²) in [7, 11) is 2.10. The van der Waals surface area contributed by atoms with Crippen LogP contribution in [0, 0.1) is 0 Å². The first-order valence-corrected chi connectivity index (χ1v) is 5.61. The second-order valence-corrected chi connectivity index (χ2v) is 4.25. The standard InChI is InChI=1S/C12H18N2O/c1-13-7-9-14(10-8-13)12(15)11-5-3-2-4-6-11/h2-3,5H,4,6-10H2,1H3. The van der Waals surface area contributed by atoms with Crippen molar-refractivity contribution in [3.8, 4) is 0 Å². The van der Waals surface area contributed by atoms with Crippen LogP contribution >= 0.6 is 0 Å². The van der Waals surface area contributed by atoms with Crippen molar-refractivity contribution in [2.24, 2.45) is 0 Å². The second kappa shape index (κ2) is 4.62. The Kier molecular flexibility index (Phi) is 3.21. The number of amides is 1. The predicted molar refractivity (Wildman–Crippen MR) is 60.5 cm³/mol. The van der Waals surface area contributed by atoms with Gasteiger partial charge in [-0.3, -0.25) is 4.79 Å².